The Balaban J connectivity index is 3.09. The highest BCUT2D eigenvalue weighted by atomic mass is 16.3. The highest BCUT2D eigenvalue weighted by Gasteiger charge is 2.03. The molecule has 0 aromatic carbocycles. The second-order valence-corrected chi connectivity index (χ2v) is 5.41. The zero-order chi connectivity index (χ0) is 12.8. The normalized spacial score (nSPS) is 12.9. The molecule has 0 aromatic heterocycles. The van der Waals surface area contributed by atoms with Crippen LogP contribution in [0.2, 0.25) is 0 Å². The van der Waals surface area contributed by atoms with Gasteiger partial charge in [-0.1, -0.05) is 84.5 Å². The summed E-state index contributed by atoms with van der Waals surface area (Å²) in [6, 6.07) is 0. The van der Waals surface area contributed by atoms with Crippen LogP contribution >= 0.6 is 0 Å². The van der Waals surface area contributed by atoms with Gasteiger partial charge in [0.15, 0.2) is 0 Å². The second kappa shape index (κ2) is 14.0. The number of unbranched alkanes of at least 4 members (excludes halogenated alkanes) is 9. The molecule has 1 atom stereocenters. The first-order chi connectivity index (χ1) is 8.31. The maximum atomic E-state index is 9.81. The molecule has 0 amide bonds. The molecule has 0 aromatic rings. The molecule has 0 fully saturated rings. The Morgan fingerprint density at radius 3 is 1.35 bits per heavy atom. The maximum Gasteiger partial charge on any atom is 0.0540 e. The maximum absolute atomic E-state index is 9.81. The van der Waals surface area contributed by atoms with Crippen LogP contribution in [0.15, 0.2) is 0 Å². The summed E-state index contributed by atoms with van der Waals surface area (Å²) >= 11 is 0. The molecule has 0 aliphatic rings. The monoisotopic (exact) mass is 242 g/mol. The average molecular weight is 242 g/mol. The molecule has 0 saturated carbocycles. The molecule has 104 valence electrons. The average Bonchev–Trinajstić information content (AvgIpc) is 2.33. The molecule has 0 radical (unpaired) electrons. The zero-order valence-corrected chi connectivity index (χ0v) is 12.2. The van der Waals surface area contributed by atoms with Crippen LogP contribution in [0, 0.1) is 0 Å². The van der Waals surface area contributed by atoms with E-state index in [1.165, 1.54) is 70.6 Å². The molecule has 1 N–H and O–H groups in total. The van der Waals surface area contributed by atoms with Crippen molar-refractivity contribution in [1.29, 1.82) is 0 Å². The van der Waals surface area contributed by atoms with E-state index in [1.807, 2.05) is 0 Å². The standard InChI is InChI=1S/C16H34O/c1-3-5-7-9-11-13-15-16(17)14-12-10-8-6-4-2/h16-17H,3-15H2,1-2H3. The Bertz CT molecular complexity index is 133. The number of hydrogen-bond donors (Lipinski definition) is 1. The fourth-order valence-corrected chi connectivity index (χ4v) is 2.29. The fraction of sp³-hybridized carbons (Fsp3) is 1.00. The Morgan fingerprint density at radius 2 is 0.941 bits per heavy atom. The summed E-state index contributed by atoms with van der Waals surface area (Å²) in [5.41, 5.74) is 0. The van der Waals surface area contributed by atoms with Crippen molar-refractivity contribution in [2.75, 3.05) is 0 Å². The Labute approximate surface area is 109 Å². The molecule has 17 heavy (non-hydrogen) atoms. The summed E-state index contributed by atoms with van der Waals surface area (Å²) in [6.07, 6.45) is 16.5. The van der Waals surface area contributed by atoms with Gasteiger partial charge in [-0.2, -0.15) is 0 Å². The van der Waals surface area contributed by atoms with E-state index < -0.39 is 0 Å². The zero-order valence-electron chi connectivity index (χ0n) is 12.2. The third kappa shape index (κ3) is 13.9. The van der Waals surface area contributed by atoms with Crippen molar-refractivity contribution in [3.63, 3.8) is 0 Å². The lowest BCUT2D eigenvalue weighted by molar-refractivity contribution is 0.147. The van der Waals surface area contributed by atoms with Crippen molar-refractivity contribution >= 4 is 0 Å². The molecule has 0 bridgehead atoms. The van der Waals surface area contributed by atoms with Gasteiger partial charge in [-0.05, 0) is 12.8 Å². The molecule has 0 aliphatic carbocycles. The van der Waals surface area contributed by atoms with E-state index in [4.69, 9.17) is 0 Å². The lowest BCUT2D eigenvalue weighted by Gasteiger charge is -2.10. The minimum atomic E-state index is -0.0252. The third-order valence-electron chi connectivity index (χ3n) is 3.53. The first-order valence-electron chi connectivity index (χ1n) is 7.99. The predicted molar refractivity (Wildman–Crippen MR) is 77.4 cm³/mol. The molecule has 0 saturated heterocycles. The first-order valence-corrected chi connectivity index (χ1v) is 7.99. The van der Waals surface area contributed by atoms with Gasteiger partial charge in [-0.15, -0.1) is 0 Å². The van der Waals surface area contributed by atoms with E-state index in [2.05, 4.69) is 13.8 Å². The van der Waals surface area contributed by atoms with Gasteiger partial charge in [0.25, 0.3) is 0 Å². The summed E-state index contributed by atoms with van der Waals surface area (Å²) in [6.45, 7) is 4.50. The second-order valence-electron chi connectivity index (χ2n) is 5.41. The lowest BCUT2D eigenvalue weighted by Crippen LogP contribution is -2.05. The van der Waals surface area contributed by atoms with Gasteiger partial charge in [-0.25, -0.2) is 0 Å². The molecule has 0 heterocycles. The van der Waals surface area contributed by atoms with Crippen LogP contribution in [0.25, 0.3) is 0 Å². The van der Waals surface area contributed by atoms with Gasteiger partial charge in [0.2, 0.25) is 0 Å². The largest absolute Gasteiger partial charge is 0.393 e. The summed E-state index contributed by atoms with van der Waals surface area (Å²) < 4.78 is 0. The van der Waals surface area contributed by atoms with Crippen molar-refractivity contribution in [2.45, 2.75) is 103 Å². The van der Waals surface area contributed by atoms with Crippen LogP contribution < -0.4 is 0 Å². The number of aliphatic hydroxyl groups excluding tert-OH is 1. The van der Waals surface area contributed by atoms with Crippen molar-refractivity contribution in [1.82, 2.24) is 0 Å². The van der Waals surface area contributed by atoms with Crippen LogP contribution in [0.1, 0.15) is 97.3 Å². The first kappa shape index (κ1) is 17.0. The highest BCUT2D eigenvalue weighted by molar-refractivity contribution is 4.57. The van der Waals surface area contributed by atoms with Crippen molar-refractivity contribution in [3.8, 4) is 0 Å². The van der Waals surface area contributed by atoms with E-state index in [1.54, 1.807) is 0 Å². The van der Waals surface area contributed by atoms with Gasteiger partial charge < -0.3 is 5.11 Å². The van der Waals surface area contributed by atoms with Crippen molar-refractivity contribution in [2.24, 2.45) is 0 Å². The van der Waals surface area contributed by atoms with Crippen molar-refractivity contribution in [3.05, 3.63) is 0 Å². The van der Waals surface area contributed by atoms with Crippen LogP contribution in [-0.2, 0) is 0 Å². The molecule has 1 heteroatoms. The predicted octanol–water partition coefficient (Wildman–Crippen LogP) is 5.46. The van der Waals surface area contributed by atoms with Gasteiger partial charge in [0, 0.05) is 0 Å². The summed E-state index contributed by atoms with van der Waals surface area (Å²) in [7, 11) is 0. The van der Waals surface area contributed by atoms with Gasteiger partial charge in [-0.3, -0.25) is 0 Å². The van der Waals surface area contributed by atoms with E-state index in [0.717, 1.165) is 12.8 Å². The quantitative estimate of drug-likeness (QED) is 0.425. The minimum absolute atomic E-state index is 0.0252. The molecule has 0 rings (SSSR count). The molecule has 1 unspecified atom stereocenters. The highest BCUT2D eigenvalue weighted by Crippen LogP contribution is 2.13. The molecule has 1 nitrogen and oxygen atoms in total. The van der Waals surface area contributed by atoms with Crippen LogP contribution in [0.4, 0.5) is 0 Å². The molecular weight excluding hydrogens is 208 g/mol. The Hall–Kier alpha value is -0.0400. The molecule has 0 aliphatic heterocycles. The van der Waals surface area contributed by atoms with Crippen LogP contribution in [0.5, 0.6) is 0 Å². The topological polar surface area (TPSA) is 20.2 Å². The van der Waals surface area contributed by atoms with Crippen LogP contribution in [-0.4, -0.2) is 11.2 Å². The Morgan fingerprint density at radius 1 is 0.588 bits per heavy atom. The number of hydrogen-bond acceptors (Lipinski definition) is 1. The van der Waals surface area contributed by atoms with E-state index >= 15 is 0 Å². The minimum Gasteiger partial charge on any atom is -0.393 e. The van der Waals surface area contributed by atoms with Crippen LogP contribution in [0.3, 0.4) is 0 Å². The summed E-state index contributed by atoms with van der Waals surface area (Å²) in [5.74, 6) is 0. The number of rotatable bonds is 13. The van der Waals surface area contributed by atoms with E-state index in [9.17, 15) is 5.11 Å². The summed E-state index contributed by atoms with van der Waals surface area (Å²) in [5, 5.41) is 9.81. The summed E-state index contributed by atoms with van der Waals surface area (Å²) in [4.78, 5) is 0. The van der Waals surface area contributed by atoms with Gasteiger partial charge in [0.1, 0.15) is 0 Å². The molecular formula is C16H34O. The van der Waals surface area contributed by atoms with E-state index in [0.29, 0.717) is 0 Å². The number of aliphatic hydroxyl groups is 1. The van der Waals surface area contributed by atoms with Gasteiger partial charge >= 0.3 is 0 Å². The fourth-order valence-electron chi connectivity index (χ4n) is 2.29. The lowest BCUT2D eigenvalue weighted by atomic mass is 10.0. The molecule has 0 spiro atoms. The smallest absolute Gasteiger partial charge is 0.0540 e. The Kier molecular flexibility index (Phi) is 14.0. The SMILES string of the molecule is CCCCCCCCC(O)CCCCCCC. The van der Waals surface area contributed by atoms with E-state index in [-0.39, 0.29) is 6.10 Å². The van der Waals surface area contributed by atoms with Gasteiger partial charge in [0.05, 0.1) is 6.10 Å². The van der Waals surface area contributed by atoms with Crippen molar-refractivity contribution < 1.29 is 5.11 Å². The third-order valence-corrected chi connectivity index (χ3v) is 3.53.